The molecule has 1 aliphatic rings. The van der Waals surface area contributed by atoms with Gasteiger partial charge in [-0.3, -0.25) is 14.5 Å². The first kappa shape index (κ1) is 18.6. The molecule has 0 unspecified atom stereocenters. The zero-order valence-electron chi connectivity index (χ0n) is 13.0. The predicted octanol–water partition coefficient (Wildman–Crippen LogP) is 3.56. The summed E-state index contributed by atoms with van der Waals surface area (Å²) in [4.78, 5) is 35.6. The van der Waals surface area contributed by atoms with E-state index in [9.17, 15) is 14.4 Å². The number of hydrogen-bond acceptors (Lipinski definition) is 6. The van der Waals surface area contributed by atoms with Crippen LogP contribution in [0.2, 0.25) is 0 Å². The third kappa shape index (κ3) is 3.95. The van der Waals surface area contributed by atoms with Gasteiger partial charge >= 0.3 is 5.97 Å². The van der Waals surface area contributed by atoms with Crippen molar-refractivity contribution in [3.63, 3.8) is 0 Å². The minimum absolute atomic E-state index is 0.135. The number of aliphatic carboxylic acids is 1. The van der Waals surface area contributed by atoms with Gasteiger partial charge in [0.1, 0.15) is 15.8 Å². The summed E-state index contributed by atoms with van der Waals surface area (Å²) in [6.45, 7) is -0.584. The molecule has 1 aromatic carbocycles. The van der Waals surface area contributed by atoms with Gasteiger partial charge in [0, 0.05) is 16.1 Å². The number of carbonyl (C=O) groups excluding carboxylic acids is 2. The van der Waals surface area contributed by atoms with Gasteiger partial charge in [-0.15, -0.1) is 0 Å². The number of thioether (sulfide) groups is 1. The number of halogens is 1. The lowest BCUT2D eigenvalue weighted by molar-refractivity contribution is -0.149. The van der Waals surface area contributed by atoms with Crippen LogP contribution in [0.3, 0.4) is 0 Å². The number of furan rings is 1. The largest absolute Gasteiger partial charge is 0.475 e. The summed E-state index contributed by atoms with van der Waals surface area (Å²) in [6.07, 6.45) is 1.52. The molecule has 0 saturated carbocycles. The molecule has 1 amide bonds. The summed E-state index contributed by atoms with van der Waals surface area (Å²) in [6, 6.07) is 11.1. The number of Topliss-reactive ketones (excluding diaryl/α,β-unsaturated/α-hetero) is 1. The molecule has 1 saturated heterocycles. The van der Waals surface area contributed by atoms with E-state index in [1.807, 2.05) is 24.3 Å². The Balaban J connectivity index is 1.79. The average Bonchev–Trinajstić information content (AvgIpc) is 3.16. The Labute approximate surface area is 166 Å². The molecule has 132 valence electrons. The van der Waals surface area contributed by atoms with Gasteiger partial charge in [0.15, 0.2) is 0 Å². The number of benzene rings is 1. The first-order chi connectivity index (χ1) is 12.3. The van der Waals surface area contributed by atoms with Crippen LogP contribution in [-0.2, 0) is 14.4 Å². The minimum atomic E-state index is -1.60. The van der Waals surface area contributed by atoms with E-state index in [2.05, 4.69) is 15.9 Å². The zero-order valence-corrected chi connectivity index (χ0v) is 16.2. The Morgan fingerprint density at radius 2 is 1.92 bits per heavy atom. The maximum Gasteiger partial charge on any atom is 0.374 e. The molecule has 2 heterocycles. The maximum atomic E-state index is 12.3. The number of carboxylic acid groups (broad SMARTS) is 1. The third-order valence-electron chi connectivity index (χ3n) is 3.44. The molecule has 26 heavy (non-hydrogen) atoms. The van der Waals surface area contributed by atoms with E-state index in [0.29, 0.717) is 11.5 Å². The van der Waals surface area contributed by atoms with Crippen LogP contribution < -0.4 is 0 Å². The van der Waals surface area contributed by atoms with E-state index >= 15 is 0 Å². The summed E-state index contributed by atoms with van der Waals surface area (Å²) in [5.41, 5.74) is 0.882. The number of ketones is 1. The minimum Gasteiger partial charge on any atom is -0.475 e. The van der Waals surface area contributed by atoms with Gasteiger partial charge in [-0.1, -0.05) is 52.0 Å². The number of amides is 1. The van der Waals surface area contributed by atoms with Gasteiger partial charge in [-0.2, -0.15) is 0 Å². The number of thiocarbonyl (C=S) groups is 1. The highest BCUT2D eigenvalue weighted by Gasteiger charge is 2.34. The zero-order chi connectivity index (χ0) is 18.8. The van der Waals surface area contributed by atoms with Crippen molar-refractivity contribution < 1.29 is 23.9 Å². The number of carboxylic acids is 1. The first-order valence-corrected chi connectivity index (χ1v) is 9.24. The summed E-state index contributed by atoms with van der Waals surface area (Å²) in [5.74, 6) is -2.13. The van der Waals surface area contributed by atoms with Crippen LogP contribution in [-0.4, -0.2) is 38.5 Å². The highest BCUT2D eigenvalue weighted by molar-refractivity contribution is 9.10. The molecule has 1 aromatic heterocycles. The molecule has 1 N–H and O–H groups in total. The molecule has 0 bridgehead atoms. The topological polar surface area (TPSA) is 87.8 Å². The molecule has 6 nitrogen and oxygen atoms in total. The SMILES string of the molecule is O=C(O)C(=O)CN1C(=O)/C(=C\c2ccc(-c3ccc(Br)cc3)o2)SC1=S. The lowest BCUT2D eigenvalue weighted by Gasteiger charge is -2.11. The molecule has 0 aliphatic carbocycles. The number of nitrogens with zero attached hydrogens (tertiary/aromatic N) is 1. The standard InChI is InChI=1S/C17H10BrNO5S2/c18-10-3-1-9(2-4-10)13-6-5-11(24-13)7-14-15(21)19(17(25)26-14)8-12(20)16(22)23/h1-7H,8H2,(H,22,23)/b14-7+. The van der Waals surface area contributed by atoms with E-state index in [0.717, 1.165) is 26.7 Å². The highest BCUT2D eigenvalue weighted by Crippen LogP contribution is 2.33. The number of rotatable bonds is 5. The molecule has 9 heteroatoms. The van der Waals surface area contributed by atoms with Crippen molar-refractivity contribution in [3.8, 4) is 11.3 Å². The first-order valence-electron chi connectivity index (χ1n) is 7.22. The van der Waals surface area contributed by atoms with Gasteiger partial charge in [0.25, 0.3) is 11.7 Å². The Bertz CT molecular complexity index is 948. The fourth-order valence-electron chi connectivity index (χ4n) is 2.18. The number of hydrogen-bond donors (Lipinski definition) is 1. The number of carbonyl (C=O) groups is 3. The Morgan fingerprint density at radius 3 is 2.58 bits per heavy atom. The fraction of sp³-hybridized carbons (Fsp3) is 0.0588. The van der Waals surface area contributed by atoms with Crippen molar-refractivity contribution in [2.75, 3.05) is 6.54 Å². The fourth-order valence-corrected chi connectivity index (χ4v) is 3.68. The van der Waals surface area contributed by atoms with Gasteiger partial charge in [0.2, 0.25) is 0 Å². The normalized spacial score (nSPS) is 15.7. The Morgan fingerprint density at radius 1 is 1.23 bits per heavy atom. The van der Waals surface area contributed by atoms with Crippen molar-refractivity contribution in [1.29, 1.82) is 0 Å². The third-order valence-corrected chi connectivity index (χ3v) is 5.35. The van der Waals surface area contributed by atoms with Gasteiger partial charge < -0.3 is 9.52 Å². The lowest BCUT2D eigenvalue weighted by atomic mass is 10.2. The maximum absolute atomic E-state index is 12.3. The molecule has 0 radical (unpaired) electrons. The van der Waals surface area contributed by atoms with E-state index in [1.54, 1.807) is 12.1 Å². The molecule has 0 spiro atoms. The van der Waals surface area contributed by atoms with Crippen LogP contribution in [0.4, 0.5) is 0 Å². The molecule has 2 aromatic rings. The predicted molar refractivity (Wildman–Crippen MR) is 104 cm³/mol. The summed E-state index contributed by atoms with van der Waals surface area (Å²) < 4.78 is 6.82. The molecule has 3 rings (SSSR count). The van der Waals surface area contributed by atoms with Gasteiger partial charge in [-0.25, -0.2) is 4.79 Å². The second kappa shape index (κ2) is 7.56. The summed E-state index contributed by atoms with van der Waals surface area (Å²) >= 11 is 9.42. The lowest BCUT2D eigenvalue weighted by Crippen LogP contribution is -2.36. The van der Waals surface area contributed by atoms with Crippen LogP contribution in [0.15, 0.2) is 50.2 Å². The monoisotopic (exact) mass is 451 g/mol. The molecule has 1 aliphatic heterocycles. The van der Waals surface area contributed by atoms with Crippen molar-refractivity contribution >= 4 is 68.0 Å². The van der Waals surface area contributed by atoms with Crippen LogP contribution in [0.25, 0.3) is 17.4 Å². The van der Waals surface area contributed by atoms with Gasteiger partial charge in [0.05, 0.1) is 11.4 Å². The average molecular weight is 452 g/mol. The van der Waals surface area contributed by atoms with Crippen molar-refractivity contribution in [2.24, 2.45) is 0 Å². The van der Waals surface area contributed by atoms with Crippen molar-refractivity contribution in [2.45, 2.75) is 0 Å². The van der Waals surface area contributed by atoms with Crippen LogP contribution in [0.5, 0.6) is 0 Å². The smallest absolute Gasteiger partial charge is 0.374 e. The van der Waals surface area contributed by atoms with E-state index < -0.39 is 24.2 Å². The van der Waals surface area contributed by atoms with Crippen molar-refractivity contribution in [1.82, 2.24) is 4.90 Å². The van der Waals surface area contributed by atoms with Crippen LogP contribution in [0.1, 0.15) is 5.76 Å². The molecule has 0 atom stereocenters. The summed E-state index contributed by atoms with van der Waals surface area (Å²) in [5, 5.41) is 8.67. The quantitative estimate of drug-likeness (QED) is 0.422. The Hall–Kier alpha value is -2.23. The molecular weight excluding hydrogens is 442 g/mol. The van der Waals surface area contributed by atoms with Crippen LogP contribution >= 0.6 is 39.9 Å². The van der Waals surface area contributed by atoms with E-state index in [-0.39, 0.29) is 9.23 Å². The van der Waals surface area contributed by atoms with Gasteiger partial charge in [-0.05, 0) is 24.3 Å². The van der Waals surface area contributed by atoms with E-state index in [4.69, 9.17) is 21.7 Å². The Kier molecular flexibility index (Phi) is 5.40. The molecular formula is C17H10BrNO5S2. The summed E-state index contributed by atoms with van der Waals surface area (Å²) in [7, 11) is 0. The van der Waals surface area contributed by atoms with Crippen molar-refractivity contribution in [3.05, 3.63) is 51.5 Å². The van der Waals surface area contributed by atoms with Crippen LogP contribution in [0, 0.1) is 0 Å². The van der Waals surface area contributed by atoms with E-state index in [1.165, 1.54) is 6.08 Å². The molecule has 1 fully saturated rings. The highest BCUT2D eigenvalue weighted by atomic mass is 79.9. The second-order valence-corrected chi connectivity index (χ2v) is 7.80. The second-order valence-electron chi connectivity index (χ2n) is 5.21.